The predicted molar refractivity (Wildman–Crippen MR) is 121 cm³/mol. The molecule has 1 aliphatic heterocycles. The number of methoxy groups -OCH3 is 1. The molecule has 1 aromatic heterocycles. The number of aliphatic hydroxyl groups is 1. The first-order valence-electron chi connectivity index (χ1n) is 11.2. The molecule has 0 unspecified atom stereocenters. The highest BCUT2D eigenvalue weighted by molar-refractivity contribution is 7.89. The van der Waals surface area contributed by atoms with Crippen molar-refractivity contribution in [3.8, 4) is 11.5 Å². The van der Waals surface area contributed by atoms with Gasteiger partial charge in [0.1, 0.15) is 4.90 Å². The molecule has 0 radical (unpaired) electrons. The SMILES string of the molecule is COc1ccc([C@@H]2CN(S(=O)(=O)c3cccnc3)C[C@@]2(C)[C@@H](C)O)cc1OC1CCCC1. The molecule has 32 heavy (non-hydrogen) atoms. The second-order valence-electron chi connectivity index (χ2n) is 9.16. The van der Waals surface area contributed by atoms with Gasteiger partial charge in [-0.25, -0.2) is 8.42 Å². The number of hydrogen-bond acceptors (Lipinski definition) is 6. The summed E-state index contributed by atoms with van der Waals surface area (Å²) < 4.78 is 39.8. The molecule has 1 aromatic carbocycles. The molecule has 1 N–H and O–H groups in total. The van der Waals surface area contributed by atoms with Crippen molar-refractivity contribution in [2.75, 3.05) is 20.2 Å². The Morgan fingerprint density at radius 1 is 1.22 bits per heavy atom. The second-order valence-corrected chi connectivity index (χ2v) is 11.1. The molecule has 2 aliphatic rings. The lowest BCUT2D eigenvalue weighted by Gasteiger charge is -2.34. The van der Waals surface area contributed by atoms with Crippen LogP contribution in [0.25, 0.3) is 0 Å². The van der Waals surface area contributed by atoms with Crippen molar-refractivity contribution >= 4 is 10.0 Å². The molecule has 2 fully saturated rings. The third-order valence-electron chi connectivity index (χ3n) is 7.11. The summed E-state index contributed by atoms with van der Waals surface area (Å²) in [6, 6.07) is 8.95. The van der Waals surface area contributed by atoms with Gasteiger partial charge in [-0.15, -0.1) is 0 Å². The smallest absolute Gasteiger partial charge is 0.244 e. The molecule has 8 heteroatoms. The van der Waals surface area contributed by atoms with Gasteiger partial charge < -0.3 is 14.6 Å². The number of ether oxygens (including phenoxy) is 2. The van der Waals surface area contributed by atoms with Gasteiger partial charge in [0.25, 0.3) is 0 Å². The molecule has 7 nitrogen and oxygen atoms in total. The van der Waals surface area contributed by atoms with Gasteiger partial charge >= 0.3 is 0 Å². The Hall–Kier alpha value is -2.16. The lowest BCUT2D eigenvalue weighted by atomic mass is 9.72. The number of aromatic nitrogens is 1. The third-order valence-corrected chi connectivity index (χ3v) is 8.91. The van der Waals surface area contributed by atoms with E-state index in [0.29, 0.717) is 11.5 Å². The van der Waals surface area contributed by atoms with Crippen molar-refractivity contribution in [3.05, 3.63) is 48.3 Å². The monoisotopic (exact) mass is 460 g/mol. The fourth-order valence-electron chi connectivity index (χ4n) is 4.90. The van der Waals surface area contributed by atoms with E-state index >= 15 is 0 Å². The van der Waals surface area contributed by atoms with Crippen molar-refractivity contribution in [1.82, 2.24) is 9.29 Å². The number of hydrogen-bond donors (Lipinski definition) is 1. The summed E-state index contributed by atoms with van der Waals surface area (Å²) in [6.07, 6.45) is 6.76. The Labute approximate surface area is 190 Å². The number of sulfonamides is 1. The molecule has 0 spiro atoms. The zero-order valence-electron chi connectivity index (χ0n) is 18.9. The minimum absolute atomic E-state index is 0.161. The highest BCUT2D eigenvalue weighted by atomic mass is 32.2. The first kappa shape index (κ1) is 23.0. The van der Waals surface area contributed by atoms with E-state index in [9.17, 15) is 13.5 Å². The van der Waals surface area contributed by atoms with Gasteiger partial charge in [-0.1, -0.05) is 13.0 Å². The molecule has 2 heterocycles. The van der Waals surface area contributed by atoms with Gasteiger partial charge in [-0.2, -0.15) is 4.31 Å². The van der Waals surface area contributed by atoms with Crippen LogP contribution in [0.15, 0.2) is 47.6 Å². The fourth-order valence-corrected chi connectivity index (χ4v) is 6.43. The zero-order chi connectivity index (χ0) is 22.9. The average Bonchev–Trinajstić information content (AvgIpc) is 3.43. The summed E-state index contributed by atoms with van der Waals surface area (Å²) in [4.78, 5) is 4.13. The van der Waals surface area contributed by atoms with E-state index < -0.39 is 21.5 Å². The molecular weight excluding hydrogens is 428 g/mol. The molecule has 0 amide bonds. The van der Waals surface area contributed by atoms with E-state index in [0.717, 1.165) is 31.2 Å². The number of aliphatic hydroxyl groups excluding tert-OH is 1. The summed E-state index contributed by atoms with van der Waals surface area (Å²) in [5.74, 6) is 1.14. The molecule has 1 aliphatic carbocycles. The number of pyridine rings is 1. The van der Waals surface area contributed by atoms with Crippen LogP contribution in [-0.2, 0) is 10.0 Å². The maximum Gasteiger partial charge on any atom is 0.244 e. The maximum absolute atomic E-state index is 13.3. The van der Waals surface area contributed by atoms with Crippen LogP contribution in [0.1, 0.15) is 51.0 Å². The summed E-state index contributed by atoms with van der Waals surface area (Å²) >= 11 is 0. The van der Waals surface area contributed by atoms with Gasteiger partial charge in [0, 0.05) is 36.8 Å². The fraction of sp³-hybridized carbons (Fsp3) is 0.542. The lowest BCUT2D eigenvalue weighted by molar-refractivity contribution is 0.0519. The Balaban J connectivity index is 1.68. The Bertz CT molecular complexity index is 1040. The Kier molecular flexibility index (Phi) is 6.47. The van der Waals surface area contributed by atoms with Crippen LogP contribution in [0.2, 0.25) is 0 Å². The quantitative estimate of drug-likeness (QED) is 0.679. The van der Waals surface area contributed by atoms with Crippen LogP contribution in [0, 0.1) is 5.41 Å². The molecule has 3 atom stereocenters. The highest BCUT2D eigenvalue weighted by Gasteiger charge is 2.50. The summed E-state index contributed by atoms with van der Waals surface area (Å²) in [6.45, 7) is 4.17. The van der Waals surface area contributed by atoms with Crippen molar-refractivity contribution in [3.63, 3.8) is 0 Å². The van der Waals surface area contributed by atoms with E-state index in [4.69, 9.17) is 9.47 Å². The van der Waals surface area contributed by atoms with Crippen LogP contribution < -0.4 is 9.47 Å². The van der Waals surface area contributed by atoms with Gasteiger partial charge in [0.15, 0.2) is 11.5 Å². The minimum Gasteiger partial charge on any atom is -0.493 e. The normalized spacial score (nSPS) is 25.7. The molecule has 2 aromatic rings. The minimum atomic E-state index is -3.72. The van der Waals surface area contributed by atoms with Gasteiger partial charge in [0.2, 0.25) is 10.0 Å². The Morgan fingerprint density at radius 2 is 1.97 bits per heavy atom. The van der Waals surface area contributed by atoms with Crippen molar-refractivity contribution in [1.29, 1.82) is 0 Å². The third kappa shape index (κ3) is 4.23. The number of nitrogens with zero attached hydrogens (tertiary/aromatic N) is 2. The molecule has 1 saturated carbocycles. The van der Waals surface area contributed by atoms with E-state index in [-0.39, 0.29) is 30.0 Å². The summed E-state index contributed by atoms with van der Waals surface area (Å²) in [7, 11) is -2.10. The van der Waals surface area contributed by atoms with Crippen molar-refractivity contribution in [2.45, 2.75) is 62.6 Å². The van der Waals surface area contributed by atoms with Crippen LogP contribution >= 0.6 is 0 Å². The summed E-state index contributed by atoms with van der Waals surface area (Å²) in [5.41, 5.74) is 0.278. The molecule has 1 saturated heterocycles. The number of rotatable bonds is 7. The van der Waals surface area contributed by atoms with Crippen LogP contribution in [0.5, 0.6) is 11.5 Å². The van der Waals surface area contributed by atoms with E-state index in [1.165, 1.54) is 10.5 Å². The zero-order valence-corrected chi connectivity index (χ0v) is 19.7. The van der Waals surface area contributed by atoms with Gasteiger partial charge in [0.05, 0.1) is 19.3 Å². The topological polar surface area (TPSA) is 89.0 Å². The van der Waals surface area contributed by atoms with E-state index in [1.807, 2.05) is 25.1 Å². The molecule has 0 bridgehead atoms. The Morgan fingerprint density at radius 3 is 2.59 bits per heavy atom. The average molecular weight is 461 g/mol. The van der Waals surface area contributed by atoms with Crippen LogP contribution in [0.4, 0.5) is 0 Å². The molecule has 4 rings (SSSR count). The second kappa shape index (κ2) is 9.00. The standard InChI is InChI=1S/C24H32N2O5S/c1-17(27)24(2)16-26(32(28,29)20-9-6-12-25-14-20)15-21(24)18-10-11-22(30-3)23(13-18)31-19-7-4-5-8-19/h6,9-14,17,19,21,27H,4-5,7-8,15-16H2,1-3H3/t17-,21+,24+/m1/s1. The largest absolute Gasteiger partial charge is 0.493 e. The van der Waals surface area contributed by atoms with Crippen LogP contribution in [-0.4, -0.2) is 55.2 Å². The van der Waals surface area contributed by atoms with Gasteiger partial charge in [-0.3, -0.25) is 4.98 Å². The van der Waals surface area contributed by atoms with Crippen molar-refractivity contribution in [2.24, 2.45) is 5.41 Å². The summed E-state index contributed by atoms with van der Waals surface area (Å²) in [5, 5.41) is 10.7. The van der Waals surface area contributed by atoms with E-state index in [2.05, 4.69) is 4.98 Å². The van der Waals surface area contributed by atoms with Gasteiger partial charge in [-0.05, 0) is 62.4 Å². The maximum atomic E-state index is 13.3. The first-order chi connectivity index (χ1) is 15.3. The lowest BCUT2D eigenvalue weighted by Crippen LogP contribution is -2.38. The van der Waals surface area contributed by atoms with Crippen molar-refractivity contribution < 1.29 is 23.0 Å². The highest BCUT2D eigenvalue weighted by Crippen LogP contribution is 2.48. The van der Waals surface area contributed by atoms with Crippen LogP contribution in [0.3, 0.4) is 0 Å². The predicted octanol–water partition coefficient (Wildman–Crippen LogP) is 3.59. The van der Waals surface area contributed by atoms with E-state index in [1.54, 1.807) is 32.4 Å². The molecule has 174 valence electrons. The first-order valence-corrected chi connectivity index (χ1v) is 12.6. The number of benzene rings is 1. The molecular formula is C24H32N2O5S.